The second-order valence-electron chi connectivity index (χ2n) is 3.77. The lowest BCUT2D eigenvalue weighted by atomic mass is 10.0. The molecule has 7 heteroatoms. The summed E-state index contributed by atoms with van der Waals surface area (Å²) in [5.74, 6) is 0.0838. The molecule has 1 N–H and O–H groups in total. The number of ether oxygens (including phenoxy) is 1. The van der Waals surface area contributed by atoms with Crippen LogP contribution >= 0.6 is 0 Å². The minimum absolute atomic E-state index is 0.0101. The number of fused-ring (bicyclic) bond motifs is 1. The molecular weight excluding hydrogens is 235 g/mol. The van der Waals surface area contributed by atoms with Crippen LogP contribution in [0.1, 0.15) is 22.8 Å². The van der Waals surface area contributed by atoms with Crippen LogP contribution in [0.2, 0.25) is 0 Å². The zero-order chi connectivity index (χ0) is 12.5. The summed E-state index contributed by atoms with van der Waals surface area (Å²) in [5.41, 5.74) is -0.219. The van der Waals surface area contributed by atoms with Gasteiger partial charge in [-0.2, -0.15) is 13.2 Å². The molecule has 0 bridgehead atoms. The number of nitrogens with one attached hydrogen (secondary N) is 1. The summed E-state index contributed by atoms with van der Waals surface area (Å²) in [7, 11) is 1.40. The highest BCUT2D eigenvalue weighted by molar-refractivity contribution is 5.30. The molecule has 0 unspecified atom stereocenters. The molecule has 0 saturated carbocycles. The Bertz CT molecular complexity index is 420. The number of hydrogen-bond acceptors (Lipinski definition) is 4. The smallest absolute Gasteiger partial charge is 0.377 e. The van der Waals surface area contributed by atoms with Crippen molar-refractivity contribution in [3.8, 4) is 0 Å². The van der Waals surface area contributed by atoms with Crippen LogP contribution in [0, 0.1) is 0 Å². The van der Waals surface area contributed by atoms with Crippen LogP contribution < -0.4 is 5.32 Å². The Morgan fingerprint density at radius 1 is 1.35 bits per heavy atom. The highest BCUT2D eigenvalue weighted by atomic mass is 19.4. The van der Waals surface area contributed by atoms with Crippen molar-refractivity contribution < 1.29 is 17.9 Å². The topological polar surface area (TPSA) is 47.0 Å². The van der Waals surface area contributed by atoms with Crippen molar-refractivity contribution in [2.75, 3.05) is 13.7 Å². The fraction of sp³-hybridized carbons (Fsp3) is 0.600. The normalized spacial score (nSPS) is 15.8. The maximum atomic E-state index is 12.8. The summed E-state index contributed by atoms with van der Waals surface area (Å²) in [6.45, 7) is 0.787. The van der Waals surface area contributed by atoms with Gasteiger partial charge in [0.1, 0.15) is 6.61 Å². The van der Waals surface area contributed by atoms with Gasteiger partial charge in [-0.05, 0) is 0 Å². The van der Waals surface area contributed by atoms with Crippen LogP contribution in [-0.2, 0) is 30.5 Å². The first-order valence-corrected chi connectivity index (χ1v) is 5.18. The van der Waals surface area contributed by atoms with Gasteiger partial charge in [-0.15, -0.1) is 0 Å². The lowest BCUT2D eigenvalue weighted by Gasteiger charge is -2.21. The molecule has 0 saturated heterocycles. The van der Waals surface area contributed by atoms with Crippen LogP contribution in [0.4, 0.5) is 13.2 Å². The molecule has 1 aromatic heterocycles. The van der Waals surface area contributed by atoms with Gasteiger partial charge in [0.2, 0.25) is 0 Å². The van der Waals surface area contributed by atoms with Crippen molar-refractivity contribution >= 4 is 0 Å². The first kappa shape index (κ1) is 12.3. The summed E-state index contributed by atoms with van der Waals surface area (Å²) in [5, 5.41) is 2.89. The number of hydrogen-bond donors (Lipinski definition) is 1. The summed E-state index contributed by atoms with van der Waals surface area (Å²) in [6, 6.07) is 0. The lowest BCUT2D eigenvalue weighted by Crippen LogP contribution is -2.29. The minimum atomic E-state index is -4.45. The Labute approximate surface area is 96.2 Å². The maximum absolute atomic E-state index is 12.8. The summed E-state index contributed by atoms with van der Waals surface area (Å²) in [4.78, 5) is 7.65. The van der Waals surface area contributed by atoms with Crippen molar-refractivity contribution in [3.63, 3.8) is 0 Å². The molecule has 94 valence electrons. The van der Waals surface area contributed by atoms with E-state index in [4.69, 9.17) is 4.74 Å². The average molecular weight is 247 g/mol. The summed E-state index contributed by atoms with van der Waals surface area (Å²) in [6.07, 6.45) is -3.97. The molecule has 0 spiro atoms. The molecule has 0 fully saturated rings. The molecule has 0 radical (unpaired) electrons. The Kier molecular flexibility index (Phi) is 3.30. The highest BCUT2D eigenvalue weighted by Crippen LogP contribution is 2.32. The van der Waals surface area contributed by atoms with E-state index in [1.54, 1.807) is 0 Å². The molecule has 0 amide bonds. The number of nitrogens with zero attached hydrogens (tertiary/aromatic N) is 2. The Morgan fingerprint density at radius 3 is 2.76 bits per heavy atom. The van der Waals surface area contributed by atoms with Crippen molar-refractivity contribution in [1.82, 2.24) is 15.3 Å². The van der Waals surface area contributed by atoms with Crippen LogP contribution in [0.25, 0.3) is 0 Å². The predicted octanol–water partition coefficient (Wildman–Crippen LogP) is 1.29. The third-order valence-corrected chi connectivity index (χ3v) is 2.52. The van der Waals surface area contributed by atoms with E-state index in [0.717, 1.165) is 0 Å². The van der Waals surface area contributed by atoms with Crippen molar-refractivity contribution in [2.45, 2.75) is 25.7 Å². The van der Waals surface area contributed by atoms with Gasteiger partial charge < -0.3 is 10.1 Å². The number of halogens is 3. The zero-order valence-corrected chi connectivity index (χ0v) is 9.26. The van der Waals surface area contributed by atoms with Crippen molar-refractivity contribution in [1.29, 1.82) is 0 Å². The molecule has 0 aliphatic carbocycles. The molecule has 1 aliphatic rings. The summed E-state index contributed by atoms with van der Waals surface area (Å²) < 4.78 is 43.3. The van der Waals surface area contributed by atoms with E-state index in [9.17, 15) is 13.2 Å². The van der Waals surface area contributed by atoms with E-state index in [1.165, 1.54) is 7.11 Å². The lowest BCUT2D eigenvalue weighted by molar-refractivity contribution is -0.142. The highest BCUT2D eigenvalue weighted by Gasteiger charge is 2.37. The van der Waals surface area contributed by atoms with Gasteiger partial charge in [-0.3, -0.25) is 0 Å². The molecule has 2 heterocycles. The molecule has 2 rings (SSSR count). The standard InChI is InChI=1S/C10H12F3N3O/c1-17-5-8-15-7-2-3-14-4-6(7)9(16-8)10(11,12)13/h14H,2-5H2,1H3. The molecule has 0 aromatic carbocycles. The Balaban J connectivity index is 2.50. The zero-order valence-electron chi connectivity index (χ0n) is 9.26. The fourth-order valence-electron chi connectivity index (χ4n) is 1.82. The monoisotopic (exact) mass is 247 g/mol. The molecule has 1 aliphatic heterocycles. The quantitative estimate of drug-likeness (QED) is 0.855. The molecule has 17 heavy (non-hydrogen) atoms. The van der Waals surface area contributed by atoms with E-state index in [-0.39, 0.29) is 24.5 Å². The number of alkyl halides is 3. The third-order valence-electron chi connectivity index (χ3n) is 2.52. The van der Waals surface area contributed by atoms with Gasteiger partial charge >= 0.3 is 6.18 Å². The maximum Gasteiger partial charge on any atom is 0.433 e. The van der Waals surface area contributed by atoms with E-state index in [2.05, 4.69) is 15.3 Å². The SMILES string of the molecule is COCc1nc2c(c(C(F)(F)F)n1)CNCC2. The van der Waals surface area contributed by atoms with Crippen LogP contribution in [0.15, 0.2) is 0 Å². The Hall–Kier alpha value is -1.21. The van der Waals surface area contributed by atoms with E-state index in [1.807, 2.05) is 0 Å². The summed E-state index contributed by atoms with van der Waals surface area (Å²) >= 11 is 0. The minimum Gasteiger partial charge on any atom is -0.377 e. The van der Waals surface area contributed by atoms with E-state index >= 15 is 0 Å². The van der Waals surface area contributed by atoms with Gasteiger partial charge in [0.15, 0.2) is 11.5 Å². The molecule has 0 atom stereocenters. The third kappa shape index (κ3) is 2.55. The second kappa shape index (κ2) is 4.58. The first-order chi connectivity index (χ1) is 8.02. The number of rotatable bonds is 2. The average Bonchev–Trinajstić information content (AvgIpc) is 2.27. The second-order valence-corrected chi connectivity index (χ2v) is 3.77. The van der Waals surface area contributed by atoms with Crippen molar-refractivity contribution in [3.05, 3.63) is 22.8 Å². The predicted molar refractivity (Wildman–Crippen MR) is 53.2 cm³/mol. The van der Waals surface area contributed by atoms with Crippen LogP contribution in [0.3, 0.4) is 0 Å². The fourth-order valence-corrected chi connectivity index (χ4v) is 1.82. The van der Waals surface area contributed by atoms with E-state index < -0.39 is 11.9 Å². The number of aromatic nitrogens is 2. The van der Waals surface area contributed by atoms with Crippen molar-refractivity contribution in [2.24, 2.45) is 0 Å². The number of methoxy groups -OCH3 is 1. The van der Waals surface area contributed by atoms with Crippen LogP contribution in [-0.4, -0.2) is 23.6 Å². The van der Waals surface area contributed by atoms with Gasteiger partial charge in [0.05, 0.1) is 5.69 Å². The molecular formula is C10H12F3N3O. The van der Waals surface area contributed by atoms with Gasteiger partial charge in [0.25, 0.3) is 0 Å². The van der Waals surface area contributed by atoms with Gasteiger partial charge in [0, 0.05) is 32.2 Å². The molecule has 1 aromatic rings. The molecule has 4 nitrogen and oxygen atoms in total. The van der Waals surface area contributed by atoms with E-state index in [0.29, 0.717) is 18.7 Å². The van der Waals surface area contributed by atoms with Gasteiger partial charge in [-0.1, -0.05) is 0 Å². The largest absolute Gasteiger partial charge is 0.433 e. The van der Waals surface area contributed by atoms with Crippen LogP contribution in [0.5, 0.6) is 0 Å². The van der Waals surface area contributed by atoms with Gasteiger partial charge in [-0.25, -0.2) is 9.97 Å². The first-order valence-electron chi connectivity index (χ1n) is 5.18. The Morgan fingerprint density at radius 2 is 2.12 bits per heavy atom.